The summed E-state index contributed by atoms with van der Waals surface area (Å²) in [7, 11) is 0. The van der Waals surface area contributed by atoms with E-state index in [2.05, 4.69) is 0 Å². The molecule has 0 fully saturated rings. The van der Waals surface area contributed by atoms with Crippen molar-refractivity contribution in [3.8, 4) is 5.75 Å². The van der Waals surface area contributed by atoms with E-state index in [-0.39, 0.29) is 5.75 Å². The lowest BCUT2D eigenvalue weighted by Crippen LogP contribution is -2.25. The first-order valence-corrected chi connectivity index (χ1v) is 4.30. The molecule has 0 aliphatic rings. The summed E-state index contributed by atoms with van der Waals surface area (Å²) >= 11 is 0. The van der Waals surface area contributed by atoms with Crippen LogP contribution in [0.3, 0.4) is 0 Å². The monoisotopic (exact) mass is 202 g/mol. The van der Waals surface area contributed by atoms with E-state index in [4.69, 9.17) is 9.84 Å². The van der Waals surface area contributed by atoms with E-state index in [9.17, 15) is 8.78 Å². The SMILES string of the molecule is CC(O)C(C)Oc1cc(F)ccc1F. The van der Waals surface area contributed by atoms with Crippen molar-refractivity contribution in [2.24, 2.45) is 0 Å². The fraction of sp³-hybridized carbons (Fsp3) is 0.400. The van der Waals surface area contributed by atoms with Gasteiger partial charge in [0.15, 0.2) is 11.6 Å². The fourth-order valence-electron chi connectivity index (χ4n) is 0.866. The summed E-state index contributed by atoms with van der Waals surface area (Å²) in [6.07, 6.45) is -1.32. The van der Waals surface area contributed by atoms with E-state index < -0.39 is 23.8 Å². The number of aliphatic hydroxyl groups excluding tert-OH is 1. The van der Waals surface area contributed by atoms with E-state index in [0.717, 1.165) is 18.2 Å². The van der Waals surface area contributed by atoms with Crippen LogP contribution in [0.2, 0.25) is 0 Å². The summed E-state index contributed by atoms with van der Waals surface area (Å²) in [5.74, 6) is -1.39. The number of hydrogen-bond donors (Lipinski definition) is 1. The summed E-state index contributed by atoms with van der Waals surface area (Å²) < 4.78 is 30.7. The van der Waals surface area contributed by atoms with Gasteiger partial charge in [-0.3, -0.25) is 0 Å². The molecule has 1 N–H and O–H groups in total. The highest BCUT2D eigenvalue weighted by atomic mass is 19.1. The second-order valence-corrected chi connectivity index (χ2v) is 3.14. The summed E-state index contributed by atoms with van der Waals surface area (Å²) in [6.45, 7) is 3.09. The van der Waals surface area contributed by atoms with Gasteiger partial charge in [-0.05, 0) is 26.0 Å². The minimum atomic E-state index is -0.738. The minimum Gasteiger partial charge on any atom is -0.485 e. The van der Waals surface area contributed by atoms with Crippen LogP contribution in [-0.4, -0.2) is 17.3 Å². The highest BCUT2D eigenvalue weighted by molar-refractivity contribution is 5.25. The molecule has 4 heteroatoms. The summed E-state index contributed by atoms with van der Waals surface area (Å²) in [5.41, 5.74) is 0. The Kier molecular flexibility index (Phi) is 3.41. The molecule has 2 atom stereocenters. The molecule has 0 heterocycles. The minimum absolute atomic E-state index is 0.182. The number of benzene rings is 1. The first-order valence-electron chi connectivity index (χ1n) is 4.30. The molecule has 0 amide bonds. The lowest BCUT2D eigenvalue weighted by molar-refractivity contribution is 0.0576. The van der Waals surface area contributed by atoms with Gasteiger partial charge >= 0.3 is 0 Å². The van der Waals surface area contributed by atoms with Crippen molar-refractivity contribution in [2.75, 3.05) is 0 Å². The molecule has 0 bridgehead atoms. The second kappa shape index (κ2) is 4.37. The number of rotatable bonds is 3. The van der Waals surface area contributed by atoms with Gasteiger partial charge < -0.3 is 9.84 Å². The van der Waals surface area contributed by atoms with Crippen LogP contribution in [0.15, 0.2) is 18.2 Å². The summed E-state index contributed by atoms with van der Waals surface area (Å²) in [4.78, 5) is 0. The molecule has 0 spiro atoms. The van der Waals surface area contributed by atoms with Gasteiger partial charge in [0.2, 0.25) is 0 Å². The van der Waals surface area contributed by atoms with E-state index in [1.54, 1.807) is 6.92 Å². The van der Waals surface area contributed by atoms with Gasteiger partial charge in [-0.25, -0.2) is 8.78 Å². The Morgan fingerprint density at radius 3 is 2.50 bits per heavy atom. The van der Waals surface area contributed by atoms with Crippen molar-refractivity contribution in [1.29, 1.82) is 0 Å². The van der Waals surface area contributed by atoms with Gasteiger partial charge in [0, 0.05) is 6.07 Å². The Morgan fingerprint density at radius 1 is 1.29 bits per heavy atom. The van der Waals surface area contributed by atoms with Gasteiger partial charge in [0.05, 0.1) is 6.10 Å². The molecule has 2 unspecified atom stereocenters. The van der Waals surface area contributed by atoms with Crippen LogP contribution in [0, 0.1) is 11.6 Å². The second-order valence-electron chi connectivity index (χ2n) is 3.14. The zero-order valence-electron chi connectivity index (χ0n) is 8.00. The van der Waals surface area contributed by atoms with Crippen LogP contribution in [0.4, 0.5) is 8.78 Å². The Bertz CT molecular complexity index is 313. The third kappa shape index (κ3) is 2.67. The van der Waals surface area contributed by atoms with Gasteiger partial charge in [-0.2, -0.15) is 0 Å². The molecule has 14 heavy (non-hydrogen) atoms. The van der Waals surface area contributed by atoms with E-state index in [1.165, 1.54) is 6.92 Å². The normalized spacial score (nSPS) is 14.9. The zero-order valence-corrected chi connectivity index (χ0v) is 8.00. The fourth-order valence-corrected chi connectivity index (χ4v) is 0.866. The van der Waals surface area contributed by atoms with Crippen LogP contribution in [0.1, 0.15) is 13.8 Å². The van der Waals surface area contributed by atoms with Crippen molar-refractivity contribution in [3.63, 3.8) is 0 Å². The largest absolute Gasteiger partial charge is 0.485 e. The third-order valence-electron chi connectivity index (χ3n) is 1.89. The Labute approximate surface area is 81.1 Å². The standard InChI is InChI=1S/C10H12F2O2/c1-6(13)7(2)14-10-5-8(11)3-4-9(10)12/h3-7,13H,1-2H3. The number of hydrogen-bond acceptors (Lipinski definition) is 2. The van der Waals surface area contributed by atoms with Crippen molar-refractivity contribution < 1.29 is 18.6 Å². The maximum Gasteiger partial charge on any atom is 0.165 e. The highest BCUT2D eigenvalue weighted by Gasteiger charge is 2.13. The molecule has 1 aromatic rings. The average Bonchev–Trinajstić information content (AvgIpc) is 2.11. The number of halogens is 2. The third-order valence-corrected chi connectivity index (χ3v) is 1.89. The predicted octanol–water partition coefficient (Wildman–Crippen LogP) is 2.11. The van der Waals surface area contributed by atoms with Gasteiger partial charge in [0.1, 0.15) is 11.9 Å². The van der Waals surface area contributed by atoms with Crippen LogP contribution in [0.5, 0.6) is 5.75 Å². The van der Waals surface area contributed by atoms with E-state index in [1.807, 2.05) is 0 Å². The molecule has 0 aliphatic heterocycles. The number of ether oxygens (including phenoxy) is 1. The summed E-state index contributed by atoms with van der Waals surface area (Å²) in [6, 6.07) is 2.95. The van der Waals surface area contributed by atoms with E-state index in [0.29, 0.717) is 0 Å². The van der Waals surface area contributed by atoms with Crippen molar-refractivity contribution in [1.82, 2.24) is 0 Å². The predicted molar refractivity (Wildman–Crippen MR) is 48.1 cm³/mol. The van der Waals surface area contributed by atoms with Crippen LogP contribution < -0.4 is 4.74 Å². The van der Waals surface area contributed by atoms with E-state index >= 15 is 0 Å². The molecule has 78 valence electrons. The van der Waals surface area contributed by atoms with Crippen molar-refractivity contribution in [2.45, 2.75) is 26.1 Å². The molecule has 1 rings (SSSR count). The molecule has 0 saturated heterocycles. The average molecular weight is 202 g/mol. The molecular formula is C10H12F2O2. The summed E-state index contributed by atoms with van der Waals surface area (Å²) in [5, 5.41) is 9.10. The smallest absolute Gasteiger partial charge is 0.165 e. The highest BCUT2D eigenvalue weighted by Crippen LogP contribution is 2.19. The van der Waals surface area contributed by atoms with Gasteiger partial charge in [0.25, 0.3) is 0 Å². The van der Waals surface area contributed by atoms with Crippen molar-refractivity contribution >= 4 is 0 Å². The van der Waals surface area contributed by atoms with Crippen molar-refractivity contribution in [3.05, 3.63) is 29.8 Å². The Hall–Kier alpha value is -1.16. The molecule has 1 aromatic carbocycles. The first-order chi connectivity index (χ1) is 6.50. The molecule has 0 radical (unpaired) electrons. The number of aliphatic hydroxyl groups is 1. The van der Waals surface area contributed by atoms with Gasteiger partial charge in [-0.1, -0.05) is 0 Å². The topological polar surface area (TPSA) is 29.5 Å². The van der Waals surface area contributed by atoms with Crippen LogP contribution in [0.25, 0.3) is 0 Å². The quantitative estimate of drug-likeness (QED) is 0.813. The maximum atomic E-state index is 13.0. The molecule has 0 saturated carbocycles. The Morgan fingerprint density at radius 2 is 1.93 bits per heavy atom. The Balaban J connectivity index is 2.80. The van der Waals surface area contributed by atoms with Crippen LogP contribution in [-0.2, 0) is 0 Å². The molecule has 0 aliphatic carbocycles. The lowest BCUT2D eigenvalue weighted by atomic mass is 10.2. The van der Waals surface area contributed by atoms with Gasteiger partial charge in [-0.15, -0.1) is 0 Å². The first kappa shape index (κ1) is 10.9. The zero-order chi connectivity index (χ0) is 10.7. The molecular weight excluding hydrogens is 190 g/mol. The van der Waals surface area contributed by atoms with Crippen LogP contribution >= 0.6 is 0 Å². The molecule has 2 nitrogen and oxygen atoms in total. The maximum absolute atomic E-state index is 13.0. The molecule has 0 aromatic heterocycles. The lowest BCUT2D eigenvalue weighted by Gasteiger charge is -2.17.